The molecule has 0 spiro atoms. The number of alkyl halides is 6. The molecule has 242 valence electrons. The van der Waals surface area contributed by atoms with Crippen LogP contribution in [0.15, 0.2) is 29.4 Å². The number of aryl methyl sites for hydroxylation is 2. The van der Waals surface area contributed by atoms with E-state index in [1.165, 1.54) is 22.9 Å². The third kappa shape index (κ3) is 7.66. The van der Waals surface area contributed by atoms with Crippen LogP contribution < -0.4 is 16.1 Å². The van der Waals surface area contributed by atoms with Crippen LogP contribution in [0.4, 0.5) is 32.2 Å². The van der Waals surface area contributed by atoms with Gasteiger partial charge in [-0.25, -0.2) is 15.5 Å². The molecule has 44 heavy (non-hydrogen) atoms. The molecule has 4 rings (SSSR count). The fraction of sp³-hybridized carbons (Fsp3) is 0.552. The van der Waals surface area contributed by atoms with Crippen LogP contribution in [0.1, 0.15) is 60.6 Å². The van der Waals surface area contributed by atoms with Gasteiger partial charge in [-0.1, -0.05) is 12.8 Å². The van der Waals surface area contributed by atoms with Gasteiger partial charge in [-0.15, -0.1) is 5.10 Å². The predicted octanol–water partition coefficient (Wildman–Crippen LogP) is 5.63. The number of hydrogen-bond donors (Lipinski definition) is 2. The number of fused-ring (bicyclic) bond motifs is 1. The highest BCUT2D eigenvalue weighted by atomic mass is 19.4. The van der Waals surface area contributed by atoms with E-state index in [4.69, 9.17) is 10.7 Å². The second-order valence-electron chi connectivity index (χ2n) is 11.2. The number of benzene rings is 1. The average Bonchev–Trinajstić information content (AvgIpc) is 3.56. The Kier molecular flexibility index (Phi) is 9.86. The third-order valence-electron chi connectivity index (χ3n) is 7.97. The Balaban J connectivity index is 1.83. The molecule has 15 heteroatoms. The highest BCUT2D eigenvalue weighted by Crippen LogP contribution is 2.37. The molecule has 0 atom stereocenters. The molecule has 3 N–H and O–H groups in total. The van der Waals surface area contributed by atoms with Crippen molar-refractivity contribution in [3.8, 4) is 0 Å². The molecule has 2 aromatic heterocycles. The molecule has 0 aliphatic heterocycles. The number of nitrogens with one attached hydrogen (secondary N) is 1. The molecule has 0 saturated heterocycles. The van der Waals surface area contributed by atoms with Gasteiger partial charge >= 0.3 is 12.4 Å². The minimum atomic E-state index is -4.98. The van der Waals surface area contributed by atoms with E-state index in [-0.39, 0.29) is 30.7 Å². The van der Waals surface area contributed by atoms with E-state index in [0.717, 1.165) is 30.5 Å². The maximum Gasteiger partial charge on any atom is 0.416 e. The quantitative estimate of drug-likeness (QED) is 0.130. The summed E-state index contributed by atoms with van der Waals surface area (Å²) in [5, 5.41) is 10.8. The van der Waals surface area contributed by atoms with Gasteiger partial charge in [-0.3, -0.25) is 4.68 Å². The molecule has 1 fully saturated rings. The zero-order valence-electron chi connectivity index (χ0n) is 25.5. The van der Waals surface area contributed by atoms with Crippen LogP contribution >= 0.6 is 0 Å². The van der Waals surface area contributed by atoms with Crippen LogP contribution in [0, 0.1) is 12.8 Å². The zero-order chi connectivity index (χ0) is 32.4. The van der Waals surface area contributed by atoms with Crippen LogP contribution in [0.5, 0.6) is 0 Å². The first kappa shape index (κ1) is 33.1. The lowest BCUT2D eigenvalue weighted by Gasteiger charge is -2.30. The van der Waals surface area contributed by atoms with Crippen LogP contribution in [-0.2, 0) is 32.5 Å². The maximum absolute atomic E-state index is 13.7. The third-order valence-corrected chi connectivity index (χ3v) is 7.97. The first-order valence-corrected chi connectivity index (χ1v) is 14.5. The van der Waals surface area contributed by atoms with Crippen molar-refractivity contribution in [2.24, 2.45) is 23.8 Å². The summed E-state index contributed by atoms with van der Waals surface area (Å²) in [6, 6.07) is 3.46. The van der Waals surface area contributed by atoms with Gasteiger partial charge in [0.1, 0.15) is 5.82 Å². The Labute approximate surface area is 252 Å². The van der Waals surface area contributed by atoms with Crippen LogP contribution in [-0.4, -0.2) is 57.9 Å². The Hall–Kier alpha value is -3.75. The number of hydrogen-bond acceptors (Lipinski definition) is 6. The molecule has 3 aromatic rings. The van der Waals surface area contributed by atoms with E-state index < -0.39 is 23.5 Å². The van der Waals surface area contributed by atoms with E-state index in [0.29, 0.717) is 41.6 Å². The Morgan fingerprint density at radius 2 is 1.66 bits per heavy atom. The molecule has 1 aromatic carbocycles. The van der Waals surface area contributed by atoms with Crippen LogP contribution in [0.25, 0.3) is 11.0 Å². The number of nitrogens with two attached hydrogens (primary N) is 1. The first-order chi connectivity index (χ1) is 20.6. The van der Waals surface area contributed by atoms with Gasteiger partial charge < -0.3 is 15.5 Å². The summed E-state index contributed by atoms with van der Waals surface area (Å²) in [5.41, 5.74) is 8.22. The monoisotopic (exact) mass is 627 g/mol. The number of nitrogens with zero attached hydrogens (tertiary/aromatic N) is 7. The number of guanidine groups is 1. The number of aromatic nitrogens is 3. The summed E-state index contributed by atoms with van der Waals surface area (Å²) in [5.74, 6) is 1.04. The summed E-state index contributed by atoms with van der Waals surface area (Å²) in [7, 11) is 4.96. The molecule has 1 aliphatic carbocycles. The van der Waals surface area contributed by atoms with Crippen molar-refractivity contribution < 1.29 is 26.3 Å². The average molecular weight is 628 g/mol. The molecular weight excluding hydrogens is 588 g/mol. The largest absolute Gasteiger partial charge is 0.416 e. The van der Waals surface area contributed by atoms with Gasteiger partial charge in [0.15, 0.2) is 5.65 Å². The number of hydrazine groups is 1. The van der Waals surface area contributed by atoms with Crippen molar-refractivity contribution in [1.29, 1.82) is 0 Å². The minimum Gasteiger partial charge on any atom is -0.368 e. The molecule has 9 nitrogen and oxygen atoms in total. The standard InChI is InChI=1S/C29H39F6N9/c1-6-43(15-19-9-7-8-10-19)25-21(13-24-18(2)39-41(4)26(24)38-25)17-44(27(36)40-42(5)37-3)16-20-11-22(28(30,31)32)14-23(12-20)29(33,34)35/h11-14,19,37H,6-10,15-17H2,1-5H3,(H2,36,40). The number of halogens is 6. The summed E-state index contributed by atoms with van der Waals surface area (Å²) in [6.07, 6.45) is -5.41. The normalized spacial score (nSPS) is 14.9. The van der Waals surface area contributed by atoms with Crippen molar-refractivity contribution in [1.82, 2.24) is 30.2 Å². The highest BCUT2D eigenvalue weighted by molar-refractivity contribution is 5.82. The lowest BCUT2D eigenvalue weighted by Crippen LogP contribution is -2.40. The Morgan fingerprint density at radius 3 is 2.20 bits per heavy atom. The van der Waals surface area contributed by atoms with Gasteiger partial charge in [-0.2, -0.15) is 31.4 Å². The van der Waals surface area contributed by atoms with Gasteiger partial charge in [0.05, 0.1) is 16.8 Å². The molecule has 0 unspecified atom stereocenters. The van der Waals surface area contributed by atoms with E-state index in [1.54, 1.807) is 25.8 Å². The molecular formula is C29H39F6N9. The number of hydrazone groups is 1. The smallest absolute Gasteiger partial charge is 0.368 e. The summed E-state index contributed by atoms with van der Waals surface area (Å²) >= 11 is 0. The highest BCUT2D eigenvalue weighted by Gasteiger charge is 2.37. The van der Waals surface area contributed by atoms with Gasteiger partial charge in [0.2, 0.25) is 5.96 Å². The fourth-order valence-corrected chi connectivity index (χ4v) is 5.66. The lowest BCUT2D eigenvalue weighted by molar-refractivity contribution is -0.143. The molecule has 0 bridgehead atoms. The van der Waals surface area contributed by atoms with Gasteiger partial charge in [-0.05, 0) is 62.4 Å². The van der Waals surface area contributed by atoms with Crippen molar-refractivity contribution in [2.45, 2.75) is 65.0 Å². The van der Waals surface area contributed by atoms with Crippen molar-refractivity contribution in [3.05, 3.63) is 52.2 Å². The molecule has 1 saturated carbocycles. The second kappa shape index (κ2) is 13.1. The second-order valence-corrected chi connectivity index (χ2v) is 11.2. The van der Waals surface area contributed by atoms with Gasteiger partial charge in [0.25, 0.3) is 0 Å². The van der Waals surface area contributed by atoms with E-state index in [1.807, 2.05) is 19.9 Å². The molecule has 0 amide bonds. The summed E-state index contributed by atoms with van der Waals surface area (Å²) in [4.78, 5) is 8.62. The van der Waals surface area contributed by atoms with E-state index in [2.05, 4.69) is 20.5 Å². The SMILES string of the molecule is CCN(CC1CCCC1)c1nc2c(cc1CN(Cc1cc(C(F)(F)F)cc(C(F)(F)F)c1)/C(N)=N/N(C)NC)c(C)nn2C. The van der Waals surface area contributed by atoms with Crippen LogP contribution in [0.3, 0.4) is 0 Å². The van der Waals surface area contributed by atoms with Crippen molar-refractivity contribution in [3.63, 3.8) is 0 Å². The number of pyridine rings is 1. The zero-order valence-corrected chi connectivity index (χ0v) is 25.5. The van der Waals surface area contributed by atoms with E-state index in [9.17, 15) is 26.3 Å². The summed E-state index contributed by atoms with van der Waals surface area (Å²) in [6.45, 7) is 4.92. The molecule has 1 aliphatic rings. The number of rotatable bonds is 10. The molecule has 0 radical (unpaired) electrons. The Bertz CT molecular complexity index is 1440. The molecule has 2 heterocycles. The number of anilines is 1. The van der Waals surface area contributed by atoms with Crippen molar-refractivity contribution >= 4 is 22.8 Å². The fourth-order valence-electron chi connectivity index (χ4n) is 5.66. The maximum atomic E-state index is 13.7. The van der Waals surface area contributed by atoms with Gasteiger partial charge in [0, 0.05) is 58.3 Å². The first-order valence-electron chi connectivity index (χ1n) is 14.5. The van der Waals surface area contributed by atoms with Crippen molar-refractivity contribution in [2.75, 3.05) is 32.1 Å². The van der Waals surface area contributed by atoms with Crippen LogP contribution in [0.2, 0.25) is 0 Å². The topological polar surface area (TPSA) is 90.8 Å². The summed E-state index contributed by atoms with van der Waals surface area (Å²) < 4.78 is 83.7. The predicted molar refractivity (Wildman–Crippen MR) is 157 cm³/mol. The minimum absolute atomic E-state index is 0.0122. The Morgan fingerprint density at radius 1 is 1.05 bits per heavy atom. The lowest BCUT2D eigenvalue weighted by atomic mass is 10.0. The van der Waals surface area contributed by atoms with E-state index >= 15 is 0 Å².